The van der Waals surface area contributed by atoms with Crippen LogP contribution in [0.5, 0.6) is 5.75 Å². The number of esters is 1. The van der Waals surface area contributed by atoms with E-state index in [0.717, 1.165) is 12.2 Å². The predicted octanol–water partition coefficient (Wildman–Crippen LogP) is 4.67. The van der Waals surface area contributed by atoms with E-state index in [2.05, 4.69) is 0 Å². The quantitative estimate of drug-likeness (QED) is 0.240. The molecule has 3 aromatic rings. The van der Waals surface area contributed by atoms with Gasteiger partial charge in [0.05, 0.1) is 12.7 Å². The number of carbonyl (C=O) groups is 4. The number of Topliss-reactive ketones (excluding diaryl/α,β-unsaturated/α-hetero) is 1. The van der Waals surface area contributed by atoms with Crippen LogP contribution >= 0.6 is 0 Å². The minimum absolute atomic E-state index is 0.226. The third kappa shape index (κ3) is 7.01. The van der Waals surface area contributed by atoms with Gasteiger partial charge in [0.1, 0.15) is 5.75 Å². The minimum atomic E-state index is -1.28. The van der Waals surface area contributed by atoms with Gasteiger partial charge in [-0.25, -0.2) is 14.4 Å². The van der Waals surface area contributed by atoms with Crippen molar-refractivity contribution in [1.82, 2.24) is 0 Å². The molecule has 0 amide bonds. The predicted molar refractivity (Wildman–Crippen MR) is 132 cm³/mol. The van der Waals surface area contributed by atoms with Crippen LogP contribution in [0.1, 0.15) is 43.5 Å². The first-order valence-corrected chi connectivity index (χ1v) is 10.7. The molecule has 182 valence electrons. The second-order valence-corrected chi connectivity index (χ2v) is 7.51. The van der Waals surface area contributed by atoms with Gasteiger partial charge < -0.3 is 19.7 Å². The van der Waals surface area contributed by atoms with Crippen LogP contribution in [-0.4, -0.2) is 41.0 Å². The lowest BCUT2D eigenvalue weighted by Gasteiger charge is -2.18. The van der Waals surface area contributed by atoms with E-state index in [0.29, 0.717) is 22.4 Å². The number of aliphatic carboxylic acids is 2. The third-order valence-electron chi connectivity index (χ3n) is 5.06. The van der Waals surface area contributed by atoms with E-state index in [-0.39, 0.29) is 11.1 Å². The third-order valence-corrected chi connectivity index (χ3v) is 5.06. The molecule has 1 unspecified atom stereocenters. The lowest BCUT2D eigenvalue weighted by molar-refractivity contribution is -0.132. The van der Waals surface area contributed by atoms with Gasteiger partial charge in [-0.1, -0.05) is 48.5 Å². The van der Waals surface area contributed by atoms with Crippen LogP contribution in [0, 0.1) is 0 Å². The molecule has 8 nitrogen and oxygen atoms in total. The molecule has 0 saturated heterocycles. The van der Waals surface area contributed by atoms with Gasteiger partial charge in [0.15, 0.2) is 6.10 Å². The maximum atomic E-state index is 13.4. The topological polar surface area (TPSA) is 127 Å². The van der Waals surface area contributed by atoms with Crippen molar-refractivity contribution in [3.63, 3.8) is 0 Å². The Hall–Kier alpha value is -4.98. The summed E-state index contributed by atoms with van der Waals surface area (Å²) in [5, 5.41) is 17.6. The zero-order valence-electron chi connectivity index (χ0n) is 19.2. The van der Waals surface area contributed by atoms with Gasteiger partial charge >= 0.3 is 17.9 Å². The molecule has 0 bridgehead atoms. The zero-order valence-corrected chi connectivity index (χ0v) is 19.2. The molecule has 0 aliphatic heterocycles. The van der Waals surface area contributed by atoms with Gasteiger partial charge in [0.2, 0.25) is 5.78 Å². The summed E-state index contributed by atoms with van der Waals surface area (Å²) in [7, 11) is 1.50. The highest BCUT2D eigenvalue weighted by Gasteiger charge is 2.27. The molecule has 0 saturated carbocycles. The van der Waals surface area contributed by atoms with Crippen LogP contribution in [0.4, 0.5) is 0 Å². The van der Waals surface area contributed by atoms with Crippen molar-refractivity contribution in [3.05, 3.63) is 113 Å². The molecule has 0 aliphatic carbocycles. The number of carboxylic acid groups (broad SMARTS) is 2. The highest BCUT2D eigenvalue weighted by Crippen LogP contribution is 2.26. The molecular weight excluding hydrogens is 464 g/mol. The van der Waals surface area contributed by atoms with E-state index in [1.807, 2.05) is 0 Å². The molecule has 0 fully saturated rings. The van der Waals surface area contributed by atoms with Crippen LogP contribution < -0.4 is 4.74 Å². The molecule has 0 aromatic heterocycles. The van der Waals surface area contributed by atoms with Crippen molar-refractivity contribution in [1.29, 1.82) is 0 Å². The maximum Gasteiger partial charge on any atom is 0.339 e. The van der Waals surface area contributed by atoms with E-state index in [4.69, 9.17) is 19.7 Å². The second kappa shape index (κ2) is 11.9. The Morgan fingerprint density at radius 1 is 0.694 bits per heavy atom. The molecule has 0 aliphatic rings. The van der Waals surface area contributed by atoms with Gasteiger partial charge in [-0.15, -0.1) is 0 Å². The van der Waals surface area contributed by atoms with Crippen molar-refractivity contribution in [3.8, 4) is 5.75 Å². The molecular formula is C28H22O8. The summed E-state index contributed by atoms with van der Waals surface area (Å²) in [6.45, 7) is 0. The lowest BCUT2D eigenvalue weighted by atomic mass is 9.97. The van der Waals surface area contributed by atoms with Gasteiger partial charge in [0.25, 0.3) is 0 Å². The molecule has 0 heterocycles. The zero-order chi connectivity index (χ0) is 26.1. The number of rotatable bonds is 10. The Morgan fingerprint density at radius 2 is 1.17 bits per heavy atom. The lowest BCUT2D eigenvalue weighted by Crippen LogP contribution is -2.20. The number of benzene rings is 3. The van der Waals surface area contributed by atoms with Crippen molar-refractivity contribution in [2.45, 2.75) is 6.10 Å². The van der Waals surface area contributed by atoms with E-state index >= 15 is 0 Å². The van der Waals surface area contributed by atoms with Gasteiger partial charge in [-0.3, -0.25) is 4.79 Å². The number of ether oxygens (including phenoxy) is 2. The largest absolute Gasteiger partial charge is 0.497 e. The van der Waals surface area contributed by atoms with Crippen molar-refractivity contribution >= 4 is 35.8 Å². The van der Waals surface area contributed by atoms with Crippen LogP contribution in [0.3, 0.4) is 0 Å². The molecule has 0 spiro atoms. The molecule has 3 rings (SSSR count). The number of carbonyl (C=O) groups excluding carboxylic acids is 2. The van der Waals surface area contributed by atoms with Gasteiger partial charge in [-0.05, 0) is 47.5 Å². The number of carboxylic acids is 2. The van der Waals surface area contributed by atoms with Crippen molar-refractivity contribution in [2.75, 3.05) is 7.11 Å². The van der Waals surface area contributed by atoms with E-state index in [9.17, 15) is 19.2 Å². The van der Waals surface area contributed by atoms with Crippen LogP contribution in [0.2, 0.25) is 0 Å². The molecule has 3 aromatic carbocycles. The Kier molecular flexibility index (Phi) is 8.50. The van der Waals surface area contributed by atoms with E-state index in [1.54, 1.807) is 48.5 Å². The first-order chi connectivity index (χ1) is 17.3. The minimum Gasteiger partial charge on any atom is -0.497 e. The number of methoxy groups -OCH3 is 1. The number of hydrogen-bond donors (Lipinski definition) is 2. The molecule has 0 radical (unpaired) electrons. The van der Waals surface area contributed by atoms with Crippen LogP contribution in [-0.2, 0) is 14.3 Å². The fourth-order valence-corrected chi connectivity index (χ4v) is 3.20. The highest BCUT2D eigenvalue weighted by molar-refractivity contribution is 6.02. The fourth-order valence-electron chi connectivity index (χ4n) is 3.20. The summed E-state index contributed by atoms with van der Waals surface area (Å²) in [5.74, 6) is -2.84. The van der Waals surface area contributed by atoms with Crippen LogP contribution in [0.15, 0.2) is 84.9 Å². The first kappa shape index (κ1) is 25.6. The monoisotopic (exact) mass is 486 g/mol. The summed E-state index contributed by atoms with van der Waals surface area (Å²) in [6, 6.07) is 18.8. The molecule has 36 heavy (non-hydrogen) atoms. The van der Waals surface area contributed by atoms with E-state index < -0.39 is 29.8 Å². The number of ketones is 1. The summed E-state index contributed by atoms with van der Waals surface area (Å²) < 4.78 is 10.7. The molecule has 1 atom stereocenters. The fraction of sp³-hybridized carbons (Fsp3) is 0.0714. The standard InChI is InChI=1S/C28H22O8/c1-35-23-14-12-22(13-15-23)28(34)36-27(21-10-4-19(5-11-21)7-17-25(31)32)26(33)20-8-2-18(3-9-20)6-16-24(29)30/h2-17,27H,1H3,(H,29,30)(H,31,32). The second-order valence-electron chi connectivity index (χ2n) is 7.51. The van der Waals surface area contributed by atoms with Crippen molar-refractivity contribution in [2.24, 2.45) is 0 Å². The summed E-state index contributed by atoms with van der Waals surface area (Å²) in [5.41, 5.74) is 2.04. The Labute approximate surface area is 206 Å². The Bertz CT molecular complexity index is 1300. The van der Waals surface area contributed by atoms with Gasteiger partial charge in [-0.2, -0.15) is 0 Å². The molecule has 8 heteroatoms. The average Bonchev–Trinajstić information content (AvgIpc) is 2.89. The summed E-state index contributed by atoms with van der Waals surface area (Å²) in [6.07, 6.45) is 3.48. The van der Waals surface area contributed by atoms with E-state index in [1.165, 1.54) is 43.5 Å². The van der Waals surface area contributed by atoms with Crippen LogP contribution in [0.25, 0.3) is 12.2 Å². The van der Waals surface area contributed by atoms with Crippen molar-refractivity contribution < 1.29 is 38.9 Å². The van der Waals surface area contributed by atoms with Gasteiger partial charge in [0, 0.05) is 23.3 Å². The Balaban J connectivity index is 1.91. The normalized spacial score (nSPS) is 11.8. The highest BCUT2D eigenvalue weighted by atomic mass is 16.5. The average molecular weight is 486 g/mol. The molecule has 2 N–H and O–H groups in total. The first-order valence-electron chi connectivity index (χ1n) is 10.7. The number of hydrogen-bond acceptors (Lipinski definition) is 6. The SMILES string of the molecule is COc1ccc(C(=O)OC(C(=O)c2ccc(C=CC(=O)O)cc2)c2ccc(C=CC(=O)O)cc2)cc1. The smallest absolute Gasteiger partial charge is 0.339 e. The summed E-state index contributed by atoms with van der Waals surface area (Å²) >= 11 is 0. The maximum absolute atomic E-state index is 13.4. The summed E-state index contributed by atoms with van der Waals surface area (Å²) in [4.78, 5) is 47.7. The Morgan fingerprint density at radius 3 is 1.64 bits per heavy atom.